The van der Waals surface area contributed by atoms with Crippen molar-refractivity contribution in [1.29, 1.82) is 0 Å². The molecule has 0 aliphatic heterocycles. The summed E-state index contributed by atoms with van der Waals surface area (Å²) in [6.45, 7) is 0.671. The average molecular weight is 125 g/mol. The number of rotatable bonds is 2. The van der Waals surface area contributed by atoms with Crippen LogP contribution in [0.4, 0.5) is 0 Å². The number of aromatic amines is 1. The molecular formula is C5H9N4. The molecule has 1 aromatic rings. The summed E-state index contributed by atoms with van der Waals surface area (Å²) >= 11 is 0. The number of H-pyrrole nitrogens is 1. The summed E-state index contributed by atoms with van der Waals surface area (Å²) in [5, 5.41) is 0. The molecule has 9 heavy (non-hydrogen) atoms. The Bertz CT molecular complexity index is 135. The zero-order valence-corrected chi connectivity index (χ0v) is 5.04. The Morgan fingerprint density at radius 2 is 2.44 bits per heavy atom. The van der Waals surface area contributed by atoms with E-state index in [1.165, 1.54) is 0 Å². The van der Waals surface area contributed by atoms with Crippen LogP contribution in [0.1, 0.15) is 5.69 Å². The number of nitrogens with zero attached hydrogens (tertiary/aromatic N) is 2. The van der Waals surface area contributed by atoms with Crippen LogP contribution in [0.2, 0.25) is 0 Å². The monoisotopic (exact) mass is 125 g/mol. The summed E-state index contributed by atoms with van der Waals surface area (Å²) < 4.78 is 0. The summed E-state index contributed by atoms with van der Waals surface area (Å²) in [6, 6.07) is 0. The Morgan fingerprint density at radius 3 is 2.89 bits per heavy atom. The van der Waals surface area contributed by atoms with Crippen molar-refractivity contribution in [1.82, 2.24) is 16.1 Å². The van der Waals surface area contributed by atoms with E-state index in [9.17, 15) is 0 Å². The van der Waals surface area contributed by atoms with Crippen LogP contribution >= 0.6 is 0 Å². The van der Waals surface area contributed by atoms with Crippen LogP contribution in [-0.2, 0) is 6.42 Å². The van der Waals surface area contributed by atoms with Crippen molar-refractivity contribution in [2.24, 2.45) is 5.73 Å². The third-order valence-electron chi connectivity index (χ3n) is 0.955. The standard InChI is InChI=1S/C5H9N3.N/c6-2-1-5-3-7-4-8-5;/h3-4H,1-2,6H2,(H,7,8);. The first-order chi connectivity index (χ1) is 3.93. The fourth-order valence-corrected chi connectivity index (χ4v) is 0.576. The summed E-state index contributed by atoms with van der Waals surface area (Å²) in [6.07, 6.45) is 4.38. The molecule has 0 saturated carbocycles. The van der Waals surface area contributed by atoms with Gasteiger partial charge in [0.25, 0.3) is 0 Å². The Hall–Kier alpha value is -0.870. The highest BCUT2D eigenvalue weighted by molar-refractivity contribution is 4.93. The highest BCUT2D eigenvalue weighted by Crippen LogP contribution is 1.88. The molecule has 4 nitrogen and oxygen atoms in total. The maximum absolute atomic E-state index is 5.27. The predicted molar refractivity (Wildman–Crippen MR) is 33.5 cm³/mol. The van der Waals surface area contributed by atoms with Gasteiger partial charge in [-0.05, 0) is 6.54 Å². The minimum Gasteiger partial charge on any atom is -0.351 e. The van der Waals surface area contributed by atoms with Crippen LogP contribution in [0.5, 0.6) is 0 Å². The minimum atomic E-state index is 0. The smallest absolute Gasteiger partial charge is 0.0923 e. The molecule has 0 aliphatic carbocycles. The van der Waals surface area contributed by atoms with Gasteiger partial charge in [-0.3, -0.25) is 0 Å². The molecule has 0 saturated heterocycles. The molecule has 0 aromatic carbocycles. The van der Waals surface area contributed by atoms with E-state index in [1.54, 1.807) is 6.33 Å². The van der Waals surface area contributed by atoms with Crippen molar-refractivity contribution < 1.29 is 0 Å². The largest absolute Gasteiger partial charge is 0.351 e. The van der Waals surface area contributed by atoms with Crippen molar-refractivity contribution in [2.75, 3.05) is 6.54 Å². The molecule has 1 heterocycles. The number of hydrogen-bond acceptors (Lipinski definition) is 2. The first-order valence-corrected chi connectivity index (χ1v) is 2.61. The summed E-state index contributed by atoms with van der Waals surface area (Å²) in [4.78, 5) is 6.82. The van der Waals surface area contributed by atoms with Crippen LogP contribution in [0.3, 0.4) is 0 Å². The Kier molecular flexibility index (Phi) is 3.66. The van der Waals surface area contributed by atoms with Gasteiger partial charge in [-0.1, -0.05) is 0 Å². The van der Waals surface area contributed by atoms with Gasteiger partial charge in [0.15, 0.2) is 0 Å². The number of hydrogen-bond donors (Lipinski definition) is 2. The molecule has 0 unspecified atom stereocenters. The van der Waals surface area contributed by atoms with Gasteiger partial charge in [0, 0.05) is 18.8 Å². The van der Waals surface area contributed by atoms with Gasteiger partial charge in [0.2, 0.25) is 0 Å². The molecule has 0 spiro atoms. The van der Waals surface area contributed by atoms with Crippen LogP contribution in [0, 0.1) is 0 Å². The van der Waals surface area contributed by atoms with E-state index in [-0.39, 0.29) is 6.15 Å². The van der Waals surface area contributed by atoms with E-state index in [0.29, 0.717) is 6.54 Å². The van der Waals surface area contributed by atoms with Crippen molar-refractivity contribution in [2.45, 2.75) is 6.42 Å². The fraction of sp³-hybridized carbons (Fsp3) is 0.400. The average Bonchev–Trinajstić information content (AvgIpc) is 2.19. The van der Waals surface area contributed by atoms with E-state index in [2.05, 4.69) is 9.97 Å². The maximum Gasteiger partial charge on any atom is 0.0923 e. The summed E-state index contributed by atoms with van der Waals surface area (Å²) in [5.74, 6) is 0. The van der Waals surface area contributed by atoms with E-state index < -0.39 is 0 Å². The maximum atomic E-state index is 5.27. The summed E-state index contributed by atoms with van der Waals surface area (Å²) in [5.41, 5.74) is 6.30. The quantitative estimate of drug-likeness (QED) is 0.554. The zero-order valence-electron chi connectivity index (χ0n) is 5.04. The van der Waals surface area contributed by atoms with E-state index in [1.807, 2.05) is 6.20 Å². The second-order valence-electron chi connectivity index (χ2n) is 1.60. The van der Waals surface area contributed by atoms with Gasteiger partial charge in [0.1, 0.15) is 0 Å². The highest BCUT2D eigenvalue weighted by Gasteiger charge is 1.87. The van der Waals surface area contributed by atoms with Crippen molar-refractivity contribution >= 4 is 0 Å². The molecule has 0 aliphatic rings. The number of aromatic nitrogens is 2. The molecule has 0 amide bonds. The van der Waals surface area contributed by atoms with Gasteiger partial charge < -0.3 is 10.7 Å². The third-order valence-corrected chi connectivity index (χ3v) is 0.955. The first-order valence-electron chi connectivity index (χ1n) is 2.61. The molecular weight excluding hydrogens is 116 g/mol. The molecule has 3 N–H and O–H groups in total. The SMILES string of the molecule is NCCc1c[nH]cn1.[N]. The Labute approximate surface area is 54.1 Å². The van der Waals surface area contributed by atoms with Crippen molar-refractivity contribution in [3.8, 4) is 0 Å². The zero-order chi connectivity index (χ0) is 5.82. The number of nitrogens with two attached hydrogens (primary N) is 1. The topological polar surface area (TPSA) is 85.2 Å². The van der Waals surface area contributed by atoms with Crippen LogP contribution in [-0.4, -0.2) is 16.5 Å². The lowest BCUT2D eigenvalue weighted by molar-refractivity contribution is 0.935. The van der Waals surface area contributed by atoms with Crippen LogP contribution < -0.4 is 11.9 Å². The van der Waals surface area contributed by atoms with Crippen LogP contribution in [0.15, 0.2) is 12.5 Å². The predicted octanol–water partition coefficient (Wildman–Crippen LogP) is -0.570. The molecule has 3 radical (unpaired) electrons. The molecule has 0 atom stereocenters. The highest BCUT2D eigenvalue weighted by atomic mass is 14.9. The second kappa shape index (κ2) is 4.05. The van der Waals surface area contributed by atoms with Gasteiger partial charge in [-0.25, -0.2) is 4.98 Å². The van der Waals surface area contributed by atoms with Gasteiger partial charge in [-0.2, -0.15) is 0 Å². The van der Waals surface area contributed by atoms with E-state index in [0.717, 1.165) is 12.1 Å². The lowest BCUT2D eigenvalue weighted by Gasteiger charge is -1.85. The fourth-order valence-electron chi connectivity index (χ4n) is 0.576. The third kappa shape index (κ3) is 2.25. The van der Waals surface area contributed by atoms with Gasteiger partial charge >= 0.3 is 0 Å². The lowest BCUT2D eigenvalue weighted by Crippen LogP contribution is -2.02. The minimum absolute atomic E-state index is 0. The van der Waals surface area contributed by atoms with Gasteiger partial charge in [-0.15, -0.1) is 0 Å². The molecule has 0 fully saturated rings. The van der Waals surface area contributed by atoms with Crippen LogP contribution in [0.25, 0.3) is 0 Å². The van der Waals surface area contributed by atoms with Gasteiger partial charge in [0.05, 0.1) is 12.0 Å². The first kappa shape index (κ1) is 8.13. The number of nitrogens with one attached hydrogen (secondary N) is 1. The Morgan fingerprint density at radius 1 is 1.67 bits per heavy atom. The van der Waals surface area contributed by atoms with E-state index in [4.69, 9.17) is 5.73 Å². The molecule has 4 heteroatoms. The van der Waals surface area contributed by atoms with E-state index >= 15 is 0 Å². The number of imidazole rings is 1. The summed E-state index contributed by atoms with van der Waals surface area (Å²) in [7, 11) is 0. The molecule has 1 aromatic heterocycles. The second-order valence-corrected chi connectivity index (χ2v) is 1.60. The normalized spacial score (nSPS) is 8.56. The molecule has 1 rings (SSSR count). The van der Waals surface area contributed by atoms with Crippen molar-refractivity contribution in [3.63, 3.8) is 0 Å². The molecule has 0 bridgehead atoms. The molecule has 49 valence electrons. The van der Waals surface area contributed by atoms with Crippen molar-refractivity contribution in [3.05, 3.63) is 18.2 Å². The Balaban J connectivity index is 0.000000640. The lowest BCUT2D eigenvalue weighted by atomic mass is 10.3.